The average molecular weight is 358 g/mol. The molecule has 0 atom stereocenters. The van der Waals surface area contributed by atoms with Gasteiger partial charge in [0.1, 0.15) is 5.82 Å². The molecule has 0 aliphatic heterocycles. The van der Waals surface area contributed by atoms with E-state index in [0.29, 0.717) is 22.6 Å². The van der Waals surface area contributed by atoms with Crippen molar-refractivity contribution in [1.29, 1.82) is 0 Å². The first-order valence-electron chi connectivity index (χ1n) is 8.33. The molecular formula is C21H15FN4O. The summed E-state index contributed by atoms with van der Waals surface area (Å²) >= 11 is 0. The van der Waals surface area contributed by atoms with E-state index in [4.69, 9.17) is 0 Å². The van der Waals surface area contributed by atoms with E-state index >= 15 is 0 Å². The van der Waals surface area contributed by atoms with Crippen LogP contribution in [0, 0.1) is 5.82 Å². The van der Waals surface area contributed by atoms with Crippen molar-refractivity contribution in [3.63, 3.8) is 0 Å². The zero-order chi connectivity index (χ0) is 18.6. The molecule has 2 N–H and O–H groups in total. The molecule has 6 heteroatoms. The van der Waals surface area contributed by atoms with Gasteiger partial charge in [0.25, 0.3) is 5.91 Å². The fraction of sp³-hybridized carbons (Fsp3) is 0. The summed E-state index contributed by atoms with van der Waals surface area (Å²) in [6.45, 7) is 0. The molecule has 4 aromatic rings. The summed E-state index contributed by atoms with van der Waals surface area (Å²) in [5.41, 5.74) is 3.53. The molecule has 0 fully saturated rings. The molecule has 2 heterocycles. The number of aromatic amines is 1. The standard InChI is InChI=1S/C21H15FN4O/c22-17-8-6-15(7-9-17)19-18(14-10-12-23-13-11-14)20(26-25-19)24-21(27)16-4-2-1-3-5-16/h1-13H,(H2,24,25,26,27). The van der Waals surface area contributed by atoms with Gasteiger partial charge in [-0.2, -0.15) is 5.10 Å². The van der Waals surface area contributed by atoms with Gasteiger partial charge in [-0.3, -0.25) is 14.9 Å². The average Bonchev–Trinajstić information content (AvgIpc) is 3.13. The highest BCUT2D eigenvalue weighted by Gasteiger charge is 2.19. The van der Waals surface area contributed by atoms with Crippen LogP contribution >= 0.6 is 0 Å². The third-order valence-corrected chi connectivity index (χ3v) is 4.14. The van der Waals surface area contributed by atoms with Crippen molar-refractivity contribution in [2.24, 2.45) is 0 Å². The molecule has 0 bridgehead atoms. The number of anilines is 1. The van der Waals surface area contributed by atoms with Gasteiger partial charge in [0.05, 0.1) is 11.3 Å². The Bertz CT molecular complexity index is 1060. The van der Waals surface area contributed by atoms with Gasteiger partial charge in [-0.25, -0.2) is 4.39 Å². The molecule has 0 saturated heterocycles. The van der Waals surface area contributed by atoms with Crippen LogP contribution in [0.4, 0.5) is 10.2 Å². The third kappa shape index (κ3) is 3.46. The van der Waals surface area contributed by atoms with Crippen molar-refractivity contribution in [1.82, 2.24) is 15.2 Å². The van der Waals surface area contributed by atoms with Crippen LogP contribution in [0.3, 0.4) is 0 Å². The SMILES string of the molecule is O=C(Nc1n[nH]c(-c2ccc(F)cc2)c1-c1ccncc1)c1ccccc1. The third-order valence-electron chi connectivity index (χ3n) is 4.14. The second-order valence-corrected chi connectivity index (χ2v) is 5.89. The van der Waals surface area contributed by atoms with Crippen LogP contribution in [0.25, 0.3) is 22.4 Å². The Morgan fingerprint density at radius 2 is 1.59 bits per heavy atom. The highest BCUT2D eigenvalue weighted by molar-refractivity contribution is 6.06. The van der Waals surface area contributed by atoms with E-state index in [1.54, 1.807) is 48.8 Å². The molecule has 27 heavy (non-hydrogen) atoms. The van der Waals surface area contributed by atoms with E-state index in [0.717, 1.165) is 11.1 Å². The van der Waals surface area contributed by atoms with E-state index in [1.165, 1.54) is 12.1 Å². The smallest absolute Gasteiger partial charge is 0.256 e. The quantitative estimate of drug-likeness (QED) is 0.563. The van der Waals surface area contributed by atoms with Crippen molar-refractivity contribution in [2.45, 2.75) is 0 Å². The summed E-state index contributed by atoms with van der Waals surface area (Å²) in [5.74, 6) is -0.182. The molecule has 0 saturated carbocycles. The minimum absolute atomic E-state index is 0.261. The predicted molar refractivity (Wildman–Crippen MR) is 102 cm³/mol. The number of nitrogens with zero attached hydrogens (tertiary/aromatic N) is 2. The fourth-order valence-electron chi connectivity index (χ4n) is 2.83. The number of halogens is 1. The highest BCUT2D eigenvalue weighted by atomic mass is 19.1. The number of amides is 1. The number of carbonyl (C=O) groups excluding carboxylic acids is 1. The Balaban J connectivity index is 1.78. The highest BCUT2D eigenvalue weighted by Crippen LogP contribution is 2.36. The van der Waals surface area contributed by atoms with Crippen LogP contribution < -0.4 is 5.32 Å². The van der Waals surface area contributed by atoms with Crippen molar-refractivity contribution in [2.75, 3.05) is 5.32 Å². The molecule has 0 unspecified atom stereocenters. The van der Waals surface area contributed by atoms with Crippen LogP contribution in [-0.2, 0) is 0 Å². The summed E-state index contributed by atoms with van der Waals surface area (Å²) in [6.07, 6.45) is 3.33. The monoisotopic (exact) mass is 358 g/mol. The van der Waals surface area contributed by atoms with Gasteiger partial charge in [0.2, 0.25) is 0 Å². The number of aromatic nitrogens is 3. The molecule has 2 aromatic heterocycles. The summed E-state index contributed by atoms with van der Waals surface area (Å²) in [7, 11) is 0. The van der Waals surface area contributed by atoms with E-state index in [9.17, 15) is 9.18 Å². The molecule has 0 aliphatic rings. The maximum Gasteiger partial charge on any atom is 0.256 e. The minimum Gasteiger partial charge on any atom is -0.305 e. The summed E-state index contributed by atoms with van der Waals surface area (Å²) in [6, 6.07) is 18.7. The number of pyridine rings is 1. The first-order valence-corrected chi connectivity index (χ1v) is 8.33. The van der Waals surface area contributed by atoms with Crippen LogP contribution in [0.15, 0.2) is 79.1 Å². The molecular weight excluding hydrogens is 343 g/mol. The second-order valence-electron chi connectivity index (χ2n) is 5.89. The predicted octanol–water partition coefficient (Wildman–Crippen LogP) is 4.53. The summed E-state index contributed by atoms with van der Waals surface area (Å²) in [4.78, 5) is 16.6. The van der Waals surface area contributed by atoms with Crippen molar-refractivity contribution in [3.05, 3.63) is 90.5 Å². The van der Waals surface area contributed by atoms with Crippen molar-refractivity contribution >= 4 is 11.7 Å². The summed E-state index contributed by atoms with van der Waals surface area (Å²) in [5, 5.41) is 10.1. The fourth-order valence-corrected chi connectivity index (χ4v) is 2.83. The first-order chi connectivity index (χ1) is 13.2. The molecule has 0 radical (unpaired) electrons. The Hall–Kier alpha value is -3.80. The number of hydrogen-bond donors (Lipinski definition) is 2. The lowest BCUT2D eigenvalue weighted by Crippen LogP contribution is -2.12. The molecule has 0 aliphatic carbocycles. The van der Waals surface area contributed by atoms with Gasteiger partial charge in [-0.1, -0.05) is 18.2 Å². The second kappa shape index (κ2) is 7.21. The molecule has 132 valence electrons. The van der Waals surface area contributed by atoms with Gasteiger partial charge in [0.15, 0.2) is 5.82 Å². The van der Waals surface area contributed by atoms with E-state index in [1.807, 2.05) is 18.2 Å². The lowest BCUT2D eigenvalue weighted by Gasteiger charge is -2.08. The maximum absolute atomic E-state index is 13.3. The normalized spacial score (nSPS) is 10.6. The largest absolute Gasteiger partial charge is 0.305 e. The molecule has 2 aromatic carbocycles. The zero-order valence-corrected chi connectivity index (χ0v) is 14.2. The Labute approximate surface area is 154 Å². The van der Waals surface area contributed by atoms with Gasteiger partial charge in [-0.05, 0) is 54.1 Å². The van der Waals surface area contributed by atoms with Crippen molar-refractivity contribution < 1.29 is 9.18 Å². The Morgan fingerprint density at radius 3 is 2.30 bits per heavy atom. The van der Waals surface area contributed by atoms with Crippen LogP contribution in [0.1, 0.15) is 10.4 Å². The lowest BCUT2D eigenvalue weighted by molar-refractivity contribution is 0.102. The Kier molecular flexibility index (Phi) is 4.45. The zero-order valence-electron chi connectivity index (χ0n) is 14.2. The number of carbonyl (C=O) groups is 1. The number of hydrogen-bond acceptors (Lipinski definition) is 3. The van der Waals surface area contributed by atoms with E-state index in [-0.39, 0.29) is 11.7 Å². The molecule has 4 rings (SSSR count). The van der Waals surface area contributed by atoms with E-state index in [2.05, 4.69) is 20.5 Å². The van der Waals surface area contributed by atoms with Gasteiger partial charge >= 0.3 is 0 Å². The number of rotatable bonds is 4. The maximum atomic E-state index is 13.3. The molecule has 1 amide bonds. The minimum atomic E-state index is -0.318. The number of H-pyrrole nitrogens is 1. The topological polar surface area (TPSA) is 70.7 Å². The van der Waals surface area contributed by atoms with E-state index < -0.39 is 0 Å². The number of nitrogens with one attached hydrogen (secondary N) is 2. The molecule has 5 nitrogen and oxygen atoms in total. The summed E-state index contributed by atoms with van der Waals surface area (Å²) < 4.78 is 13.3. The van der Waals surface area contributed by atoms with Gasteiger partial charge < -0.3 is 5.32 Å². The van der Waals surface area contributed by atoms with Crippen LogP contribution in [0.2, 0.25) is 0 Å². The van der Waals surface area contributed by atoms with Crippen LogP contribution in [0.5, 0.6) is 0 Å². The molecule has 0 spiro atoms. The van der Waals surface area contributed by atoms with Gasteiger partial charge in [-0.15, -0.1) is 0 Å². The lowest BCUT2D eigenvalue weighted by atomic mass is 10.0. The van der Waals surface area contributed by atoms with Crippen molar-refractivity contribution in [3.8, 4) is 22.4 Å². The Morgan fingerprint density at radius 1 is 0.889 bits per heavy atom. The van der Waals surface area contributed by atoms with Crippen LogP contribution in [-0.4, -0.2) is 21.1 Å². The van der Waals surface area contributed by atoms with Gasteiger partial charge in [0, 0.05) is 23.5 Å². The number of benzene rings is 2. The first kappa shape index (κ1) is 16.7.